The molecule has 0 radical (unpaired) electrons. The molecule has 1 saturated carbocycles. The molecule has 0 spiro atoms. The van der Waals surface area contributed by atoms with Gasteiger partial charge in [-0.15, -0.1) is 0 Å². The minimum Gasteiger partial charge on any atom is -0.508 e. The fraction of sp³-hybridized carbons (Fsp3) is 0.367. The lowest BCUT2D eigenvalue weighted by atomic mass is 9.89. The summed E-state index contributed by atoms with van der Waals surface area (Å²) in [5.74, 6) is 1.01. The fourth-order valence-electron chi connectivity index (χ4n) is 4.72. The number of hydrogen-bond acceptors (Lipinski definition) is 3. The van der Waals surface area contributed by atoms with Crippen molar-refractivity contribution in [2.24, 2.45) is 10.9 Å². The maximum Gasteiger partial charge on any atom is 0.164 e. The molecule has 0 aliphatic heterocycles. The second-order valence-electron chi connectivity index (χ2n) is 9.51. The number of thioether (sulfide) groups is 1. The monoisotopic (exact) mass is 472 g/mol. The van der Waals surface area contributed by atoms with Crippen LogP contribution in [0.15, 0.2) is 82.7 Å². The molecule has 0 saturated heterocycles. The highest BCUT2D eigenvalue weighted by molar-refractivity contribution is 8.13. The van der Waals surface area contributed by atoms with Crippen LogP contribution in [0.3, 0.4) is 0 Å². The minimum atomic E-state index is 0.319. The number of hydrogen-bond donors (Lipinski definition) is 1. The first-order valence-corrected chi connectivity index (χ1v) is 13.2. The maximum atomic E-state index is 10.1. The van der Waals surface area contributed by atoms with E-state index in [1.54, 1.807) is 17.8 Å². The van der Waals surface area contributed by atoms with Crippen molar-refractivity contribution in [3.05, 3.63) is 95.1 Å². The minimum absolute atomic E-state index is 0.319. The Hall–Kier alpha value is -2.72. The van der Waals surface area contributed by atoms with Crippen LogP contribution < -0.4 is 0 Å². The Labute approximate surface area is 208 Å². The van der Waals surface area contributed by atoms with E-state index in [9.17, 15) is 5.11 Å². The van der Waals surface area contributed by atoms with Crippen molar-refractivity contribution < 1.29 is 5.11 Å². The van der Waals surface area contributed by atoms with Gasteiger partial charge in [0.25, 0.3) is 0 Å². The van der Waals surface area contributed by atoms with Crippen molar-refractivity contribution in [3.63, 3.8) is 0 Å². The van der Waals surface area contributed by atoms with Gasteiger partial charge in [-0.25, -0.2) is 0 Å². The first-order valence-electron chi connectivity index (χ1n) is 12.4. The molecule has 3 aromatic carbocycles. The van der Waals surface area contributed by atoms with Crippen LogP contribution in [0.5, 0.6) is 5.75 Å². The number of benzene rings is 3. The predicted octanol–water partition coefficient (Wildman–Crippen LogP) is 7.74. The molecule has 0 atom stereocenters. The molecule has 1 N–H and O–H groups in total. The van der Waals surface area contributed by atoms with Crippen LogP contribution >= 0.6 is 11.8 Å². The summed E-state index contributed by atoms with van der Waals surface area (Å²) >= 11 is 1.78. The van der Waals surface area contributed by atoms with Crippen molar-refractivity contribution in [2.45, 2.75) is 63.9 Å². The quantitative estimate of drug-likeness (QED) is 0.217. The van der Waals surface area contributed by atoms with Gasteiger partial charge in [0.2, 0.25) is 0 Å². The second-order valence-corrected chi connectivity index (χ2v) is 10.5. The molecule has 34 heavy (non-hydrogen) atoms. The number of phenols is 1. The number of amidine groups is 1. The summed E-state index contributed by atoms with van der Waals surface area (Å²) < 4.78 is 0. The van der Waals surface area contributed by atoms with E-state index in [0.717, 1.165) is 23.8 Å². The Bertz CT molecular complexity index is 1090. The molecule has 4 heteroatoms. The number of nitrogens with zero attached hydrogens (tertiary/aromatic N) is 2. The molecule has 0 amide bonds. The van der Waals surface area contributed by atoms with Gasteiger partial charge in [-0.05, 0) is 67.5 Å². The lowest BCUT2D eigenvalue weighted by Crippen LogP contribution is -2.34. The number of rotatable bonds is 7. The summed E-state index contributed by atoms with van der Waals surface area (Å²) in [6, 6.07) is 24.8. The molecule has 0 aromatic heterocycles. The lowest BCUT2D eigenvalue weighted by molar-refractivity contribution is 0.271. The molecule has 1 fully saturated rings. The zero-order chi connectivity index (χ0) is 23.8. The summed E-state index contributed by atoms with van der Waals surface area (Å²) in [5, 5.41) is 11.1. The Morgan fingerprint density at radius 2 is 1.68 bits per heavy atom. The molecule has 0 bridgehead atoms. The number of aromatic hydroxyl groups is 1. The molecule has 0 heterocycles. The first-order chi connectivity index (χ1) is 16.6. The Morgan fingerprint density at radius 3 is 2.41 bits per heavy atom. The Kier molecular flexibility index (Phi) is 8.70. The molecule has 4 rings (SSSR count). The molecule has 1 aliphatic rings. The topological polar surface area (TPSA) is 35.8 Å². The van der Waals surface area contributed by atoms with Gasteiger partial charge in [0.15, 0.2) is 5.17 Å². The third kappa shape index (κ3) is 7.14. The van der Waals surface area contributed by atoms with E-state index < -0.39 is 0 Å². The Morgan fingerprint density at radius 1 is 0.912 bits per heavy atom. The zero-order valence-corrected chi connectivity index (χ0v) is 21.2. The highest BCUT2D eigenvalue weighted by Crippen LogP contribution is 2.31. The molecular formula is C30H36N2OS. The van der Waals surface area contributed by atoms with Gasteiger partial charge in [0.1, 0.15) is 5.75 Å². The molecule has 0 unspecified atom stereocenters. The highest BCUT2D eigenvalue weighted by Gasteiger charge is 2.22. The van der Waals surface area contributed by atoms with Crippen LogP contribution in [-0.2, 0) is 13.1 Å². The van der Waals surface area contributed by atoms with Crippen molar-refractivity contribution in [2.75, 3.05) is 6.54 Å². The van der Waals surface area contributed by atoms with E-state index in [1.165, 1.54) is 53.7 Å². The van der Waals surface area contributed by atoms with E-state index in [-0.39, 0.29) is 0 Å². The van der Waals surface area contributed by atoms with Crippen LogP contribution in [0.4, 0.5) is 0 Å². The average Bonchev–Trinajstić information content (AvgIpc) is 2.84. The number of phenolic OH excluding ortho intramolecular Hbond substituents is 1. The molecule has 178 valence electrons. The van der Waals surface area contributed by atoms with Gasteiger partial charge in [0, 0.05) is 18.0 Å². The smallest absolute Gasteiger partial charge is 0.164 e. The third-order valence-electron chi connectivity index (χ3n) is 6.53. The van der Waals surface area contributed by atoms with E-state index >= 15 is 0 Å². The molecular weight excluding hydrogens is 436 g/mol. The van der Waals surface area contributed by atoms with Gasteiger partial charge in [-0.1, -0.05) is 91.2 Å². The summed E-state index contributed by atoms with van der Waals surface area (Å²) in [5.41, 5.74) is 4.90. The zero-order valence-electron chi connectivity index (χ0n) is 20.4. The summed E-state index contributed by atoms with van der Waals surface area (Å²) in [4.78, 5) is 8.89. The molecule has 3 nitrogen and oxygen atoms in total. The number of aryl methyl sites for hydroxylation is 2. The molecule has 3 aromatic rings. The van der Waals surface area contributed by atoms with Crippen LogP contribution in [0.25, 0.3) is 0 Å². The van der Waals surface area contributed by atoms with E-state index in [0.29, 0.717) is 18.2 Å². The van der Waals surface area contributed by atoms with Crippen LogP contribution in [0.2, 0.25) is 0 Å². The van der Waals surface area contributed by atoms with Gasteiger partial charge in [0.05, 0.1) is 6.54 Å². The van der Waals surface area contributed by atoms with Crippen molar-refractivity contribution in [1.82, 2.24) is 4.90 Å². The SMILES string of the molecule is Cc1ccc(SC(=NCc2ccccc2)N(Cc2cccc(O)c2)CC2CCCCC2)c(C)c1. The van der Waals surface area contributed by atoms with Crippen LogP contribution in [0, 0.1) is 19.8 Å². The van der Waals surface area contributed by atoms with Crippen LogP contribution in [0.1, 0.15) is 54.4 Å². The summed E-state index contributed by atoms with van der Waals surface area (Å²) in [6.45, 7) is 6.74. The van der Waals surface area contributed by atoms with Gasteiger partial charge in [-0.2, -0.15) is 0 Å². The average molecular weight is 473 g/mol. The normalized spacial score (nSPS) is 14.8. The largest absolute Gasteiger partial charge is 0.508 e. The maximum absolute atomic E-state index is 10.1. The standard InChI is InChI=1S/C30H36N2OS/c1-23-16-17-29(24(2)18-23)34-30(31-20-25-10-5-3-6-11-25)32(21-26-12-7-4-8-13-26)22-27-14-9-15-28(33)19-27/h3,5-6,9-11,14-19,26,33H,4,7-8,12-13,20-22H2,1-2H3. The van der Waals surface area contributed by atoms with Crippen molar-refractivity contribution in [1.29, 1.82) is 0 Å². The summed E-state index contributed by atoms with van der Waals surface area (Å²) in [6.07, 6.45) is 6.58. The second kappa shape index (κ2) is 12.1. The fourth-order valence-corrected chi connectivity index (χ4v) is 5.67. The number of aliphatic imine (C=N–C) groups is 1. The van der Waals surface area contributed by atoms with Gasteiger partial charge in [-0.3, -0.25) is 4.99 Å². The third-order valence-corrected chi connectivity index (χ3v) is 7.78. The molecule has 1 aliphatic carbocycles. The van der Waals surface area contributed by atoms with Crippen molar-refractivity contribution in [3.8, 4) is 5.75 Å². The first kappa shape index (κ1) is 24.4. The summed E-state index contributed by atoms with van der Waals surface area (Å²) in [7, 11) is 0. The van der Waals surface area contributed by atoms with E-state index in [4.69, 9.17) is 4.99 Å². The van der Waals surface area contributed by atoms with Crippen LogP contribution in [-0.4, -0.2) is 21.7 Å². The van der Waals surface area contributed by atoms with Crippen molar-refractivity contribution >= 4 is 16.9 Å². The Balaban J connectivity index is 1.66. The van der Waals surface area contributed by atoms with Gasteiger partial charge >= 0.3 is 0 Å². The van der Waals surface area contributed by atoms with Gasteiger partial charge < -0.3 is 10.0 Å². The lowest BCUT2D eigenvalue weighted by Gasteiger charge is -2.32. The van der Waals surface area contributed by atoms with E-state index in [1.807, 2.05) is 12.1 Å². The predicted molar refractivity (Wildman–Crippen MR) is 144 cm³/mol. The highest BCUT2D eigenvalue weighted by atomic mass is 32.2. The van der Waals surface area contributed by atoms with E-state index in [2.05, 4.69) is 73.3 Å².